The molecule has 1 N–H and O–H groups in total. The van der Waals surface area contributed by atoms with Gasteiger partial charge in [0.1, 0.15) is 5.75 Å². The third kappa shape index (κ3) is 3.98. The van der Waals surface area contributed by atoms with Gasteiger partial charge in [-0.3, -0.25) is 4.84 Å². The van der Waals surface area contributed by atoms with Gasteiger partial charge in [-0.1, -0.05) is 17.7 Å². The normalized spacial score (nSPS) is 10.4. The Morgan fingerprint density at radius 3 is 2.75 bits per heavy atom. The molecule has 0 unspecified atom stereocenters. The van der Waals surface area contributed by atoms with Gasteiger partial charge in [0.25, 0.3) is 0 Å². The predicted molar refractivity (Wildman–Crippen MR) is 62.7 cm³/mol. The summed E-state index contributed by atoms with van der Waals surface area (Å²) in [5.41, 5.74) is 3.69. The highest BCUT2D eigenvalue weighted by Crippen LogP contribution is 2.25. The lowest BCUT2D eigenvalue weighted by Gasteiger charge is -2.11. The Balaban J connectivity index is 2.46. The van der Waals surface area contributed by atoms with Gasteiger partial charge in [-0.2, -0.15) is 5.48 Å². The van der Waals surface area contributed by atoms with E-state index in [2.05, 4.69) is 5.48 Å². The molecule has 0 saturated carbocycles. The van der Waals surface area contributed by atoms with Crippen molar-refractivity contribution in [1.82, 2.24) is 5.48 Å². The average Bonchev–Trinajstić information content (AvgIpc) is 2.30. The van der Waals surface area contributed by atoms with Crippen LogP contribution in [-0.2, 0) is 16.1 Å². The van der Waals surface area contributed by atoms with E-state index >= 15 is 0 Å². The van der Waals surface area contributed by atoms with Gasteiger partial charge in [0.2, 0.25) is 0 Å². The molecule has 16 heavy (non-hydrogen) atoms. The van der Waals surface area contributed by atoms with E-state index in [1.807, 2.05) is 18.2 Å². The standard InChI is InChI=1S/C11H16ClNO3/c1-14-6-7-16-13-8-9-10(12)4-3-5-11(9)15-2/h3-5,13H,6-8H2,1-2H3. The average molecular weight is 246 g/mol. The van der Waals surface area contributed by atoms with Gasteiger partial charge in [-0.15, -0.1) is 0 Å². The molecule has 0 saturated heterocycles. The van der Waals surface area contributed by atoms with Crippen molar-refractivity contribution >= 4 is 11.6 Å². The maximum Gasteiger partial charge on any atom is 0.124 e. The van der Waals surface area contributed by atoms with Crippen molar-refractivity contribution in [2.45, 2.75) is 6.54 Å². The zero-order valence-corrected chi connectivity index (χ0v) is 10.2. The van der Waals surface area contributed by atoms with Crippen molar-refractivity contribution in [2.24, 2.45) is 0 Å². The lowest BCUT2D eigenvalue weighted by Crippen LogP contribution is -2.17. The highest BCUT2D eigenvalue weighted by molar-refractivity contribution is 6.31. The van der Waals surface area contributed by atoms with Gasteiger partial charge in [0.05, 0.1) is 26.9 Å². The molecule has 4 nitrogen and oxygen atoms in total. The van der Waals surface area contributed by atoms with E-state index in [1.165, 1.54) is 0 Å². The van der Waals surface area contributed by atoms with Crippen LogP contribution in [0.5, 0.6) is 5.75 Å². The van der Waals surface area contributed by atoms with E-state index in [9.17, 15) is 0 Å². The molecule has 90 valence electrons. The van der Waals surface area contributed by atoms with E-state index < -0.39 is 0 Å². The summed E-state index contributed by atoms with van der Waals surface area (Å²) in [6.07, 6.45) is 0. The van der Waals surface area contributed by atoms with Crippen molar-refractivity contribution in [3.63, 3.8) is 0 Å². The first-order valence-electron chi connectivity index (χ1n) is 4.94. The Labute approximate surface area is 100 Å². The lowest BCUT2D eigenvalue weighted by atomic mass is 10.2. The van der Waals surface area contributed by atoms with Crippen LogP contribution < -0.4 is 10.2 Å². The van der Waals surface area contributed by atoms with Crippen LogP contribution in [-0.4, -0.2) is 27.4 Å². The molecule has 0 fully saturated rings. The molecule has 0 bridgehead atoms. The maximum atomic E-state index is 6.05. The van der Waals surface area contributed by atoms with Crippen molar-refractivity contribution < 1.29 is 14.3 Å². The van der Waals surface area contributed by atoms with Gasteiger partial charge in [-0.25, -0.2) is 0 Å². The van der Waals surface area contributed by atoms with Crippen LogP contribution in [0.2, 0.25) is 5.02 Å². The fraction of sp³-hybridized carbons (Fsp3) is 0.455. The van der Waals surface area contributed by atoms with Gasteiger partial charge >= 0.3 is 0 Å². The largest absolute Gasteiger partial charge is 0.496 e. The minimum atomic E-state index is 0.489. The van der Waals surface area contributed by atoms with Crippen LogP contribution in [0.4, 0.5) is 0 Å². The second-order valence-electron chi connectivity index (χ2n) is 3.08. The van der Waals surface area contributed by atoms with Crippen LogP contribution in [0.1, 0.15) is 5.56 Å². The van der Waals surface area contributed by atoms with Crippen molar-refractivity contribution in [3.05, 3.63) is 28.8 Å². The maximum absolute atomic E-state index is 6.05. The number of hydrogen-bond donors (Lipinski definition) is 1. The quantitative estimate of drug-likeness (QED) is 0.589. The zero-order valence-electron chi connectivity index (χ0n) is 9.46. The van der Waals surface area contributed by atoms with Crippen LogP contribution in [0.15, 0.2) is 18.2 Å². The zero-order chi connectivity index (χ0) is 11.8. The van der Waals surface area contributed by atoms with E-state index in [0.29, 0.717) is 24.8 Å². The molecule has 0 aromatic heterocycles. The Morgan fingerprint density at radius 1 is 1.25 bits per heavy atom. The first-order chi connectivity index (χ1) is 7.79. The molecule has 0 aliphatic rings. The summed E-state index contributed by atoms with van der Waals surface area (Å²) in [6.45, 7) is 1.53. The molecule has 5 heteroatoms. The lowest BCUT2D eigenvalue weighted by molar-refractivity contribution is 0.00323. The summed E-state index contributed by atoms with van der Waals surface area (Å²) in [5.74, 6) is 0.746. The molecule has 1 rings (SSSR count). The second-order valence-corrected chi connectivity index (χ2v) is 3.49. The molecular formula is C11H16ClNO3. The van der Waals surface area contributed by atoms with Crippen LogP contribution in [0.3, 0.4) is 0 Å². The summed E-state index contributed by atoms with van der Waals surface area (Å²) < 4.78 is 10.0. The van der Waals surface area contributed by atoms with Crippen LogP contribution in [0, 0.1) is 0 Å². The topological polar surface area (TPSA) is 39.7 Å². The number of rotatable bonds is 7. The third-order valence-electron chi connectivity index (χ3n) is 2.04. The predicted octanol–water partition coefficient (Wildman–Crippen LogP) is 2.02. The smallest absolute Gasteiger partial charge is 0.124 e. The van der Waals surface area contributed by atoms with E-state index in [-0.39, 0.29) is 0 Å². The SMILES string of the molecule is COCCONCc1c(Cl)cccc1OC. The molecule has 0 aliphatic heterocycles. The number of hydrogen-bond acceptors (Lipinski definition) is 4. The molecule has 0 spiro atoms. The number of halogens is 1. The third-order valence-corrected chi connectivity index (χ3v) is 2.39. The molecule has 0 aliphatic carbocycles. The number of ether oxygens (including phenoxy) is 2. The molecule has 0 atom stereocenters. The molecule has 0 heterocycles. The summed E-state index contributed by atoms with van der Waals surface area (Å²) in [7, 11) is 3.24. The summed E-state index contributed by atoms with van der Waals surface area (Å²) in [4.78, 5) is 5.14. The van der Waals surface area contributed by atoms with Crippen LogP contribution in [0.25, 0.3) is 0 Å². The molecule has 1 aromatic rings. The van der Waals surface area contributed by atoms with Gasteiger partial charge in [-0.05, 0) is 12.1 Å². The molecular weight excluding hydrogens is 230 g/mol. The summed E-state index contributed by atoms with van der Waals surface area (Å²) >= 11 is 6.05. The Morgan fingerprint density at radius 2 is 2.06 bits per heavy atom. The van der Waals surface area contributed by atoms with Gasteiger partial charge in [0.15, 0.2) is 0 Å². The van der Waals surface area contributed by atoms with Crippen molar-refractivity contribution in [1.29, 1.82) is 0 Å². The summed E-state index contributed by atoms with van der Waals surface area (Å²) in [5, 5.41) is 0.655. The highest BCUT2D eigenvalue weighted by Gasteiger charge is 2.06. The fourth-order valence-corrected chi connectivity index (χ4v) is 1.45. The molecule has 0 radical (unpaired) electrons. The molecule has 0 amide bonds. The van der Waals surface area contributed by atoms with E-state index in [0.717, 1.165) is 11.3 Å². The van der Waals surface area contributed by atoms with Gasteiger partial charge < -0.3 is 9.47 Å². The summed E-state index contributed by atoms with van der Waals surface area (Å²) in [6, 6.07) is 5.52. The van der Waals surface area contributed by atoms with Crippen LogP contribution >= 0.6 is 11.6 Å². The minimum absolute atomic E-state index is 0.489. The Bertz CT molecular complexity index is 320. The molecule has 1 aromatic carbocycles. The van der Waals surface area contributed by atoms with Crippen molar-refractivity contribution in [3.8, 4) is 5.75 Å². The number of benzene rings is 1. The number of hydroxylamine groups is 1. The Kier molecular flexibility index (Phi) is 6.18. The Hall–Kier alpha value is -0.810. The number of methoxy groups -OCH3 is 2. The van der Waals surface area contributed by atoms with Crippen molar-refractivity contribution in [2.75, 3.05) is 27.4 Å². The monoisotopic (exact) mass is 245 g/mol. The fourth-order valence-electron chi connectivity index (χ4n) is 1.22. The van der Waals surface area contributed by atoms with E-state index in [4.69, 9.17) is 25.9 Å². The first-order valence-corrected chi connectivity index (χ1v) is 5.32. The number of nitrogens with one attached hydrogen (secondary N) is 1. The highest BCUT2D eigenvalue weighted by atomic mass is 35.5. The second kappa shape index (κ2) is 7.46. The van der Waals surface area contributed by atoms with E-state index in [1.54, 1.807) is 14.2 Å². The van der Waals surface area contributed by atoms with Gasteiger partial charge in [0, 0.05) is 17.7 Å². The minimum Gasteiger partial charge on any atom is -0.496 e. The first kappa shape index (κ1) is 13.3.